The Kier molecular flexibility index (Phi) is 2.12. The van der Waals surface area contributed by atoms with E-state index in [-0.39, 0.29) is 11.8 Å². The number of aliphatic carboxylic acids is 1. The Morgan fingerprint density at radius 3 is 2.82 bits per heavy atom. The fraction of sp³-hybridized carbons (Fsp3) is 0.714. The van der Waals surface area contributed by atoms with Gasteiger partial charge < -0.3 is 10.4 Å². The highest BCUT2D eigenvalue weighted by Crippen LogP contribution is 2.19. The maximum absolute atomic E-state index is 10.8. The average Bonchev–Trinajstić information content (AvgIpc) is 2.30. The second kappa shape index (κ2) is 2.90. The van der Waals surface area contributed by atoms with Crippen molar-refractivity contribution < 1.29 is 14.7 Å². The van der Waals surface area contributed by atoms with Crippen molar-refractivity contribution in [2.75, 3.05) is 0 Å². The second-order valence-corrected chi connectivity index (χ2v) is 2.76. The smallest absolute Gasteiger partial charge is 0.326 e. The summed E-state index contributed by atoms with van der Waals surface area (Å²) in [6.45, 7) is 1.89. The van der Waals surface area contributed by atoms with Crippen molar-refractivity contribution in [1.29, 1.82) is 0 Å². The summed E-state index contributed by atoms with van der Waals surface area (Å²) in [6, 6.07) is -0.660. The van der Waals surface area contributed by atoms with Crippen LogP contribution in [0.2, 0.25) is 0 Å². The molecular formula is C7H11NO3. The van der Waals surface area contributed by atoms with Gasteiger partial charge in [-0.3, -0.25) is 4.79 Å². The van der Waals surface area contributed by atoms with Crippen molar-refractivity contribution in [3.05, 3.63) is 0 Å². The van der Waals surface area contributed by atoms with Crippen LogP contribution < -0.4 is 5.32 Å². The number of carbonyl (C=O) groups is 2. The van der Waals surface area contributed by atoms with Crippen molar-refractivity contribution in [2.24, 2.45) is 5.92 Å². The minimum Gasteiger partial charge on any atom is -0.480 e. The highest BCUT2D eigenvalue weighted by Gasteiger charge is 2.35. The molecule has 0 radical (unpaired) electrons. The first-order valence-electron chi connectivity index (χ1n) is 3.67. The summed E-state index contributed by atoms with van der Waals surface area (Å²) in [7, 11) is 0. The first-order chi connectivity index (χ1) is 5.15. The Morgan fingerprint density at radius 2 is 2.45 bits per heavy atom. The Labute approximate surface area is 64.6 Å². The highest BCUT2D eigenvalue weighted by molar-refractivity contribution is 5.87. The SMILES string of the molecule is CC[C@@H]1CC(=O)N[C@@H]1C(=O)O. The van der Waals surface area contributed by atoms with Crippen molar-refractivity contribution in [3.8, 4) is 0 Å². The monoisotopic (exact) mass is 157 g/mol. The highest BCUT2D eigenvalue weighted by atomic mass is 16.4. The van der Waals surface area contributed by atoms with E-state index in [1.54, 1.807) is 0 Å². The third-order valence-electron chi connectivity index (χ3n) is 2.03. The zero-order valence-corrected chi connectivity index (χ0v) is 6.33. The van der Waals surface area contributed by atoms with Gasteiger partial charge in [0.05, 0.1) is 0 Å². The van der Waals surface area contributed by atoms with Crippen LogP contribution in [0.4, 0.5) is 0 Å². The van der Waals surface area contributed by atoms with E-state index in [1.807, 2.05) is 6.92 Å². The Balaban J connectivity index is 2.64. The summed E-state index contributed by atoms with van der Waals surface area (Å²) in [6.07, 6.45) is 1.09. The van der Waals surface area contributed by atoms with Crippen LogP contribution in [0.1, 0.15) is 19.8 Å². The molecule has 0 aromatic carbocycles. The first kappa shape index (κ1) is 8.04. The van der Waals surface area contributed by atoms with Crippen LogP contribution in [0, 0.1) is 5.92 Å². The van der Waals surface area contributed by atoms with Crippen molar-refractivity contribution in [2.45, 2.75) is 25.8 Å². The molecule has 0 saturated carbocycles. The number of rotatable bonds is 2. The lowest BCUT2D eigenvalue weighted by Crippen LogP contribution is -2.36. The molecule has 1 saturated heterocycles. The summed E-state index contributed by atoms with van der Waals surface area (Å²) in [5.41, 5.74) is 0. The molecule has 1 rings (SSSR count). The number of hydrogen-bond donors (Lipinski definition) is 2. The quantitative estimate of drug-likeness (QED) is 0.592. The fourth-order valence-corrected chi connectivity index (χ4v) is 1.35. The first-order valence-corrected chi connectivity index (χ1v) is 3.67. The van der Waals surface area contributed by atoms with Crippen molar-refractivity contribution >= 4 is 11.9 Å². The van der Waals surface area contributed by atoms with Gasteiger partial charge in [-0.25, -0.2) is 4.79 Å². The van der Waals surface area contributed by atoms with Crippen LogP contribution in [0.3, 0.4) is 0 Å². The van der Waals surface area contributed by atoms with E-state index in [0.717, 1.165) is 6.42 Å². The molecule has 4 nitrogen and oxygen atoms in total. The minimum atomic E-state index is -0.928. The largest absolute Gasteiger partial charge is 0.480 e. The molecule has 2 atom stereocenters. The predicted octanol–water partition coefficient (Wildman–Crippen LogP) is -0.0143. The topological polar surface area (TPSA) is 66.4 Å². The predicted molar refractivity (Wildman–Crippen MR) is 38.0 cm³/mol. The molecule has 0 unspecified atom stereocenters. The Morgan fingerprint density at radius 1 is 1.82 bits per heavy atom. The average molecular weight is 157 g/mol. The molecule has 1 aliphatic heterocycles. The van der Waals surface area contributed by atoms with Crippen LogP contribution in [-0.2, 0) is 9.59 Å². The molecule has 0 spiro atoms. The lowest BCUT2D eigenvalue weighted by atomic mass is 9.98. The molecule has 1 heterocycles. The standard InChI is InChI=1S/C7H11NO3/c1-2-4-3-5(9)8-6(4)7(10)11/h4,6H,2-3H2,1H3,(H,8,9)(H,10,11)/t4-,6+/m1/s1. The van der Waals surface area contributed by atoms with Crippen LogP contribution in [0.25, 0.3) is 0 Å². The fourth-order valence-electron chi connectivity index (χ4n) is 1.35. The zero-order valence-electron chi connectivity index (χ0n) is 6.33. The van der Waals surface area contributed by atoms with Gasteiger partial charge in [0.2, 0.25) is 5.91 Å². The molecule has 0 aromatic rings. The number of hydrogen-bond acceptors (Lipinski definition) is 2. The lowest BCUT2D eigenvalue weighted by Gasteiger charge is -2.10. The van der Waals surface area contributed by atoms with Crippen molar-refractivity contribution in [1.82, 2.24) is 5.32 Å². The Hall–Kier alpha value is -1.06. The van der Waals surface area contributed by atoms with Gasteiger partial charge in [0.25, 0.3) is 0 Å². The van der Waals surface area contributed by atoms with Gasteiger partial charge in [0, 0.05) is 6.42 Å². The molecule has 4 heteroatoms. The second-order valence-electron chi connectivity index (χ2n) is 2.76. The zero-order chi connectivity index (χ0) is 8.43. The van der Waals surface area contributed by atoms with Gasteiger partial charge in [0.15, 0.2) is 0 Å². The normalized spacial score (nSPS) is 30.1. The number of carboxylic acid groups (broad SMARTS) is 1. The number of carboxylic acids is 1. The van der Waals surface area contributed by atoms with Gasteiger partial charge in [-0.05, 0) is 5.92 Å². The van der Waals surface area contributed by atoms with E-state index in [4.69, 9.17) is 5.11 Å². The van der Waals surface area contributed by atoms with Crippen LogP contribution in [-0.4, -0.2) is 23.0 Å². The molecular weight excluding hydrogens is 146 g/mol. The molecule has 0 bridgehead atoms. The van der Waals surface area contributed by atoms with Crippen LogP contribution in [0.15, 0.2) is 0 Å². The molecule has 0 aromatic heterocycles. The van der Waals surface area contributed by atoms with Gasteiger partial charge in [-0.15, -0.1) is 0 Å². The molecule has 1 aliphatic rings. The third kappa shape index (κ3) is 1.50. The molecule has 2 N–H and O–H groups in total. The Bertz CT molecular complexity index is 190. The van der Waals surface area contributed by atoms with E-state index >= 15 is 0 Å². The number of nitrogens with one attached hydrogen (secondary N) is 1. The third-order valence-corrected chi connectivity index (χ3v) is 2.03. The van der Waals surface area contributed by atoms with Gasteiger partial charge in [0.1, 0.15) is 6.04 Å². The van der Waals surface area contributed by atoms with E-state index in [9.17, 15) is 9.59 Å². The minimum absolute atomic E-state index is 0.0278. The van der Waals surface area contributed by atoms with E-state index in [0.29, 0.717) is 6.42 Å². The molecule has 1 fully saturated rings. The van der Waals surface area contributed by atoms with E-state index in [1.165, 1.54) is 0 Å². The summed E-state index contributed by atoms with van der Waals surface area (Å²) < 4.78 is 0. The summed E-state index contributed by atoms with van der Waals surface area (Å²) >= 11 is 0. The van der Waals surface area contributed by atoms with Gasteiger partial charge in [-0.2, -0.15) is 0 Å². The lowest BCUT2D eigenvalue weighted by molar-refractivity contribution is -0.140. The number of carbonyl (C=O) groups excluding carboxylic acids is 1. The summed E-state index contributed by atoms with van der Waals surface area (Å²) in [5, 5.41) is 11.0. The summed E-state index contributed by atoms with van der Waals surface area (Å²) in [4.78, 5) is 21.3. The maximum Gasteiger partial charge on any atom is 0.326 e. The molecule has 62 valence electrons. The van der Waals surface area contributed by atoms with Crippen molar-refractivity contribution in [3.63, 3.8) is 0 Å². The van der Waals surface area contributed by atoms with Gasteiger partial charge in [-0.1, -0.05) is 13.3 Å². The molecule has 11 heavy (non-hydrogen) atoms. The van der Waals surface area contributed by atoms with E-state index < -0.39 is 12.0 Å². The molecule has 0 aliphatic carbocycles. The van der Waals surface area contributed by atoms with E-state index in [2.05, 4.69) is 5.32 Å². The molecule has 1 amide bonds. The summed E-state index contributed by atoms with van der Waals surface area (Å²) in [5.74, 6) is -1.10. The number of amides is 1. The van der Waals surface area contributed by atoms with Gasteiger partial charge >= 0.3 is 5.97 Å². The maximum atomic E-state index is 10.8. The van der Waals surface area contributed by atoms with Crippen LogP contribution >= 0.6 is 0 Å². The van der Waals surface area contributed by atoms with Crippen LogP contribution in [0.5, 0.6) is 0 Å².